The lowest BCUT2D eigenvalue weighted by Crippen LogP contribution is -2.32. The summed E-state index contributed by atoms with van der Waals surface area (Å²) in [6.45, 7) is 1.83. The standard InChI is InChI=1S/C23H19ClN4O5S/c1-12-11-34-23(25-12)27-20(29)13-5-4-6-14(9-13)26-19-18(24)21(30)28(22(19)31)16-10-15(32-2)7-8-17(16)33-3/h4-11,26H,1-3H3,(H,25,27,29). The third kappa shape index (κ3) is 4.45. The number of nitrogens with zero attached hydrogens (tertiary/aromatic N) is 2. The Kier molecular flexibility index (Phi) is 6.53. The summed E-state index contributed by atoms with van der Waals surface area (Å²) in [5, 5.41) is 7.61. The molecule has 2 aromatic carbocycles. The summed E-state index contributed by atoms with van der Waals surface area (Å²) < 4.78 is 10.5. The van der Waals surface area contributed by atoms with Gasteiger partial charge >= 0.3 is 0 Å². The van der Waals surface area contributed by atoms with Gasteiger partial charge in [-0.2, -0.15) is 0 Å². The molecule has 0 atom stereocenters. The third-order valence-corrected chi connectivity index (χ3v) is 6.11. The first-order valence-electron chi connectivity index (χ1n) is 9.93. The van der Waals surface area contributed by atoms with Crippen molar-refractivity contribution in [2.24, 2.45) is 0 Å². The largest absolute Gasteiger partial charge is 0.497 e. The molecule has 4 rings (SSSR count). The van der Waals surface area contributed by atoms with E-state index in [2.05, 4.69) is 15.6 Å². The number of halogens is 1. The topological polar surface area (TPSA) is 110 Å². The van der Waals surface area contributed by atoms with Gasteiger partial charge in [-0.25, -0.2) is 9.88 Å². The van der Waals surface area contributed by atoms with Crippen LogP contribution >= 0.6 is 22.9 Å². The average molecular weight is 499 g/mol. The molecule has 1 aliphatic heterocycles. The molecule has 0 radical (unpaired) electrons. The second kappa shape index (κ2) is 9.54. The number of carbonyl (C=O) groups is 3. The normalized spacial score (nSPS) is 13.4. The van der Waals surface area contributed by atoms with Crippen molar-refractivity contribution in [3.8, 4) is 11.5 Å². The molecule has 11 heteroatoms. The van der Waals surface area contributed by atoms with Crippen molar-refractivity contribution >= 4 is 57.2 Å². The van der Waals surface area contributed by atoms with Crippen molar-refractivity contribution in [2.75, 3.05) is 29.8 Å². The van der Waals surface area contributed by atoms with Crippen LogP contribution in [0.5, 0.6) is 11.5 Å². The minimum atomic E-state index is -0.714. The SMILES string of the molecule is COc1ccc(OC)c(N2C(=O)C(Cl)=C(Nc3cccc(C(=O)Nc4nc(C)cs4)c3)C2=O)c1. The maximum Gasteiger partial charge on any atom is 0.283 e. The molecule has 0 saturated carbocycles. The number of methoxy groups -OCH3 is 2. The molecule has 9 nitrogen and oxygen atoms in total. The minimum Gasteiger partial charge on any atom is -0.497 e. The third-order valence-electron chi connectivity index (χ3n) is 4.89. The molecule has 3 aromatic rings. The number of amides is 3. The van der Waals surface area contributed by atoms with Gasteiger partial charge in [0.1, 0.15) is 22.2 Å². The fraction of sp³-hybridized carbons (Fsp3) is 0.130. The number of hydrogen-bond acceptors (Lipinski definition) is 8. The van der Waals surface area contributed by atoms with Gasteiger partial charge in [-0.05, 0) is 37.3 Å². The van der Waals surface area contributed by atoms with Crippen LogP contribution in [0.4, 0.5) is 16.5 Å². The lowest BCUT2D eigenvalue weighted by atomic mass is 10.2. The summed E-state index contributed by atoms with van der Waals surface area (Å²) >= 11 is 7.56. The van der Waals surface area contributed by atoms with E-state index in [0.29, 0.717) is 27.9 Å². The van der Waals surface area contributed by atoms with Crippen molar-refractivity contribution in [3.05, 3.63) is 69.8 Å². The van der Waals surface area contributed by atoms with Gasteiger partial charge in [-0.3, -0.25) is 19.7 Å². The first-order valence-corrected chi connectivity index (χ1v) is 11.2. The highest BCUT2D eigenvalue weighted by Gasteiger charge is 2.40. The highest BCUT2D eigenvalue weighted by molar-refractivity contribution is 7.13. The Morgan fingerprint density at radius 1 is 1.09 bits per heavy atom. The molecule has 2 N–H and O–H groups in total. The number of anilines is 3. The molecule has 34 heavy (non-hydrogen) atoms. The Morgan fingerprint density at radius 2 is 1.88 bits per heavy atom. The summed E-state index contributed by atoms with van der Waals surface area (Å²) in [5.74, 6) is -1.02. The van der Waals surface area contributed by atoms with Crippen LogP contribution in [-0.2, 0) is 9.59 Å². The molecule has 3 amide bonds. The van der Waals surface area contributed by atoms with E-state index in [4.69, 9.17) is 21.1 Å². The van der Waals surface area contributed by atoms with Gasteiger partial charge in [-0.15, -0.1) is 11.3 Å². The molecule has 2 heterocycles. The maximum absolute atomic E-state index is 13.2. The first-order chi connectivity index (χ1) is 16.3. The number of ether oxygens (including phenoxy) is 2. The van der Waals surface area contributed by atoms with E-state index in [1.807, 2.05) is 12.3 Å². The lowest BCUT2D eigenvalue weighted by Gasteiger charge is -2.19. The number of aromatic nitrogens is 1. The molecule has 0 spiro atoms. The summed E-state index contributed by atoms with van der Waals surface area (Å²) in [5.41, 5.74) is 1.61. The van der Waals surface area contributed by atoms with E-state index in [9.17, 15) is 14.4 Å². The number of carbonyl (C=O) groups excluding carboxylic acids is 3. The number of imide groups is 1. The molecule has 0 fully saturated rings. The number of aryl methyl sites for hydroxylation is 1. The highest BCUT2D eigenvalue weighted by atomic mass is 35.5. The van der Waals surface area contributed by atoms with E-state index in [0.717, 1.165) is 10.6 Å². The average Bonchev–Trinajstić information content (AvgIpc) is 3.34. The Labute approximate surface area is 204 Å². The summed E-state index contributed by atoms with van der Waals surface area (Å²) in [7, 11) is 2.89. The van der Waals surface area contributed by atoms with Crippen molar-refractivity contribution in [1.29, 1.82) is 0 Å². The number of nitrogens with one attached hydrogen (secondary N) is 2. The van der Waals surface area contributed by atoms with Gasteiger partial charge in [0.15, 0.2) is 5.13 Å². The van der Waals surface area contributed by atoms with Crippen LogP contribution in [-0.4, -0.2) is 36.9 Å². The monoisotopic (exact) mass is 498 g/mol. The van der Waals surface area contributed by atoms with E-state index >= 15 is 0 Å². The van der Waals surface area contributed by atoms with E-state index < -0.39 is 11.8 Å². The number of hydrogen-bond donors (Lipinski definition) is 2. The molecule has 0 aliphatic carbocycles. The first kappa shape index (κ1) is 23.3. The van der Waals surface area contributed by atoms with Crippen LogP contribution in [0.1, 0.15) is 16.1 Å². The van der Waals surface area contributed by atoms with Gasteiger partial charge < -0.3 is 14.8 Å². The Balaban J connectivity index is 1.58. The molecular formula is C23H19ClN4O5S. The zero-order valence-electron chi connectivity index (χ0n) is 18.3. The molecular weight excluding hydrogens is 480 g/mol. The van der Waals surface area contributed by atoms with Crippen molar-refractivity contribution in [3.63, 3.8) is 0 Å². The Morgan fingerprint density at radius 3 is 2.56 bits per heavy atom. The van der Waals surface area contributed by atoms with Crippen LogP contribution in [0, 0.1) is 6.92 Å². The summed E-state index contributed by atoms with van der Waals surface area (Å²) in [6.07, 6.45) is 0. The fourth-order valence-corrected chi connectivity index (χ4v) is 4.16. The molecule has 1 aliphatic rings. The number of thiazole rings is 1. The number of rotatable bonds is 7. The van der Waals surface area contributed by atoms with Crippen LogP contribution in [0.3, 0.4) is 0 Å². The molecule has 0 saturated heterocycles. The minimum absolute atomic E-state index is 0.121. The van der Waals surface area contributed by atoms with Gasteiger partial charge in [0.05, 0.1) is 25.6 Å². The fourth-order valence-electron chi connectivity index (χ4n) is 3.26. The van der Waals surface area contributed by atoms with Gasteiger partial charge in [0.2, 0.25) is 0 Å². The zero-order valence-corrected chi connectivity index (χ0v) is 19.9. The predicted molar refractivity (Wildman–Crippen MR) is 130 cm³/mol. The van der Waals surface area contributed by atoms with Gasteiger partial charge in [0.25, 0.3) is 17.7 Å². The second-order valence-electron chi connectivity index (χ2n) is 7.13. The summed E-state index contributed by atoms with van der Waals surface area (Å²) in [4.78, 5) is 43.8. The molecule has 174 valence electrons. The van der Waals surface area contributed by atoms with Gasteiger partial charge in [-0.1, -0.05) is 17.7 Å². The van der Waals surface area contributed by atoms with E-state index in [1.165, 1.54) is 31.6 Å². The zero-order chi connectivity index (χ0) is 24.4. The van der Waals surface area contributed by atoms with Crippen LogP contribution in [0.25, 0.3) is 0 Å². The predicted octanol–water partition coefficient (Wildman–Crippen LogP) is 4.16. The van der Waals surface area contributed by atoms with E-state index in [1.54, 1.807) is 36.4 Å². The van der Waals surface area contributed by atoms with Gasteiger partial charge in [0, 0.05) is 22.7 Å². The smallest absolute Gasteiger partial charge is 0.283 e. The number of benzene rings is 2. The van der Waals surface area contributed by atoms with Crippen LogP contribution in [0.15, 0.2) is 58.6 Å². The lowest BCUT2D eigenvalue weighted by molar-refractivity contribution is -0.120. The van der Waals surface area contributed by atoms with Crippen molar-refractivity contribution < 1.29 is 23.9 Å². The van der Waals surface area contributed by atoms with E-state index in [-0.39, 0.29) is 22.3 Å². The maximum atomic E-state index is 13.2. The Bertz CT molecular complexity index is 1340. The molecule has 0 unspecified atom stereocenters. The van der Waals surface area contributed by atoms with Crippen molar-refractivity contribution in [2.45, 2.75) is 6.92 Å². The second-order valence-corrected chi connectivity index (χ2v) is 8.36. The Hall–Kier alpha value is -3.89. The van der Waals surface area contributed by atoms with Crippen molar-refractivity contribution in [1.82, 2.24) is 4.98 Å². The molecule has 0 bridgehead atoms. The van der Waals surface area contributed by atoms with Crippen LogP contribution < -0.4 is 25.0 Å². The summed E-state index contributed by atoms with van der Waals surface area (Å²) in [6, 6.07) is 11.2. The quantitative estimate of drug-likeness (QED) is 0.471. The highest BCUT2D eigenvalue weighted by Crippen LogP contribution is 2.38. The van der Waals surface area contributed by atoms with Crippen LogP contribution in [0.2, 0.25) is 0 Å². The molecule has 1 aromatic heterocycles.